The fourth-order valence-electron chi connectivity index (χ4n) is 3.75. The van der Waals surface area contributed by atoms with Gasteiger partial charge in [0.15, 0.2) is 0 Å². The van der Waals surface area contributed by atoms with Crippen LogP contribution in [-0.2, 0) is 9.63 Å². The van der Waals surface area contributed by atoms with Gasteiger partial charge < -0.3 is 5.11 Å². The van der Waals surface area contributed by atoms with Crippen molar-refractivity contribution in [3.05, 3.63) is 30.3 Å². The molecule has 4 nitrogen and oxygen atoms in total. The predicted molar refractivity (Wildman–Crippen MR) is 127 cm³/mol. The minimum atomic E-state index is -0.883. The number of aliphatic carboxylic acids is 1. The minimum Gasteiger partial charge on any atom is -0.480 e. The first-order valence-electron chi connectivity index (χ1n) is 12.4. The van der Waals surface area contributed by atoms with E-state index in [2.05, 4.69) is 6.92 Å². The number of rotatable bonds is 21. The Balaban J connectivity index is 1.89. The predicted octanol–water partition coefficient (Wildman–Crippen LogP) is 7.77. The average Bonchev–Trinajstić information content (AvgIpc) is 2.75. The van der Waals surface area contributed by atoms with Crippen LogP contribution in [0, 0.1) is 0 Å². The van der Waals surface area contributed by atoms with Gasteiger partial charge in [0, 0.05) is 0 Å². The molecular formula is C26H45NO3. The molecule has 0 saturated carbocycles. The van der Waals surface area contributed by atoms with Crippen LogP contribution in [0.2, 0.25) is 0 Å². The fraction of sp³-hybridized carbons (Fsp3) is 0.731. The average molecular weight is 420 g/mol. The molecule has 0 aliphatic carbocycles. The number of hydroxylamine groups is 1. The van der Waals surface area contributed by atoms with Crippen molar-refractivity contribution in [3.63, 3.8) is 0 Å². The zero-order valence-electron chi connectivity index (χ0n) is 19.3. The molecule has 30 heavy (non-hydrogen) atoms. The summed E-state index contributed by atoms with van der Waals surface area (Å²) in [6.45, 7) is 2.71. The van der Waals surface area contributed by atoms with Gasteiger partial charge in [-0.25, -0.2) is 5.06 Å². The van der Waals surface area contributed by atoms with E-state index < -0.39 is 5.97 Å². The number of hydrogen-bond donors (Lipinski definition) is 1. The third-order valence-corrected chi connectivity index (χ3v) is 5.57. The van der Waals surface area contributed by atoms with E-state index in [0.717, 1.165) is 18.5 Å². The van der Waals surface area contributed by atoms with E-state index in [-0.39, 0.29) is 6.54 Å². The lowest BCUT2D eigenvalue weighted by Gasteiger charge is -2.22. The van der Waals surface area contributed by atoms with E-state index in [1.807, 2.05) is 30.3 Å². The van der Waals surface area contributed by atoms with Crippen molar-refractivity contribution in [2.45, 2.75) is 110 Å². The van der Waals surface area contributed by atoms with Crippen LogP contribution >= 0.6 is 0 Å². The Bertz CT molecular complexity index is 506. The molecule has 0 unspecified atom stereocenters. The Kier molecular flexibility index (Phi) is 17.1. The van der Waals surface area contributed by atoms with Crippen LogP contribution in [0.4, 0.5) is 5.69 Å². The first kappa shape index (κ1) is 26.5. The van der Waals surface area contributed by atoms with Gasteiger partial charge in [-0.2, -0.15) is 0 Å². The van der Waals surface area contributed by atoms with E-state index in [1.54, 1.807) is 0 Å². The summed E-state index contributed by atoms with van der Waals surface area (Å²) < 4.78 is 0. The topological polar surface area (TPSA) is 49.8 Å². The zero-order valence-corrected chi connectivity index (χ0v) is 19.3. The maximum absolute atomic E-state index is 11.0. The summed E-state index contributed by atoms with van der Waals surface area (Å²) >= 11 is 0. The molecule has 0 aromatic heterocycles. The Labute approximate surface area is 185 Å². The normalized spacial score (nSPS) is 11.0. The maximum Gasteiger partial charge on any atom is 0.325 e. The molecule has 0 aliphatic rings. The van der Waals surface area contributed by atoms with E-state index in [9.17, 15) is 4.79 Å². The molecule has 0 radical (unpaired) electrons. The molecule has 0 bridgehead atoms. The lowest BCUT2D eigenvalue weighted by atomic mass is 10.0. The number of carboxylic acid groups (broad SMARTS) is 1. The number of carbonyl (C=O) groups is 1. The number of para-hydroxylation sites is 1. The van der Waals surface area contributed by atoms with Crippen LogP contribution in [0.15, 0.2) is 30.3 Å². The summed E-state index contributed by atoms with van der Waals surface area (Å²) in [5.74, 6) is -0.883. The smallest absolute Gasteiger partial charge is 0.325 e. The molecule has 0 aliphatic heterocycles. The highest BCUT2D eigenvalue weighted by Gasteiger charge is 2.10. The molecule has 0 amide bonds. The van der Waals surface area contributed by atoms with Crippen molar-refractivity contribution in [2.75, 3.05) is 18.2 Å². The quantitative estimate of drug-likeness (QED) is 0.163. The third-order valence-electron chi connectivity index (χ3n) is 5.57. The Morgan fingerprint density at radius 1 is 0.733 bits per heavy atom. The summed E-state index contributed by atoms with van der Waals surface area (Å²) in [5, 5.41) is 10.5. The number of unbranched alkanes of at least 4 members (excludes halogenated alkanes) is 15. The third kappa shape index (κ3) is 15.3. The number of anilines is 1. The van der Waals surface area contributed by atoms with Gasteiger partial charge in [0.2, 0.25) is 0 Å². The van der Waals surface area contributed by atoms with Gasteiger partial charge in [-0.3, -0.25) is 9.63 Å². The molecule has 0 atom stereocenters. The van der Waals surface area contributed by atoms with Crippen molar-refractivity contribution in [1.29, 1.82) is 0 Å². The second-order valence-electron chi connectivity index (χ2n) is 8.40. The molecule has 0 heterocycles. The first-order chi connectivity index (χ1) is 14.7. The van der Waals surface area contributed by atoms with Crippen LogP contribution in [-0.4, -0.2) is 24.2 Å². The van der Waals surface area contributed by atoms with Crippen molar-refractivity contribution in [1.82, 2.24) is 0 Å². The van der Waals surface area contributed by atoms with Gasteiger partial charge in [0.25, 0.3) is 0 Å². The number of carboxylic acids is 1. The van der Waals surface area contributed by atoms with Crippen molar-refractivity contribution >= 4 is 11.7 Å². The largest absolute Gasteiger partial charge is 0.480 e. The van der Waals surface area contributed by atoms with Gasteiger partial charge in [0.05, 0.1) is 12.3 Å². The van der Waals surface area contributed by atoms with Crippen LogP contribution in [0.1, 0.15) is 110 Å². The van der Waals surface area contributed by atoms with Gasteiger partial charge >= 0.3 is 5.97 Å². The van der Waals surface area contributed by atoms with E-state index >= 15 is 0 Å². The van der Waals surface area contributed by atoms with Crippen LogP contribution < -0.4 is 5.06 Å². The molecule has 0 spiro atoms. The Morgan fingerprint density at radius 3 is 1.60 bits per heavy atom. The summed E-state index contributed by atoms with van der Waals surface area (Å²) in [5.41, 5.74) is 0.788. The number of hydrogen-bond acceptors (Lipinski definition) is 3. The maximum atomic E-state index is 11.0. The van der Waals surface area contributed by atoms with Crippen LogP contribution in [0.5, 0.6) is 0 Å². The van der Waals surface area contributed by atoms with Crippen molar-refractivity contribution < 1.29 is 14.7 Å². The molecule has 1 aromatic carbocycles. The second kappa shape index (κ2) is 19.4. The second-order valence-corrected chi connectivity index (χ2v) is 8.40. The van der Waals surface area contributed by atoms with E-state index in [1.165, 1.54) is 95.0 Å². The SMILES string of the molecule is CCCCCCCCCCCCCCCCCCON(CC(=O)O)c1ccccc1. The highest BCUT2D eigenvalue weighted by molar-refractivity contribution is 5.72. The standard InChI is InChI=1S/C26H45NO3/c1-2-3-4-5-6-7-8-9-10-11-12-13-14-15-16-20-23-30-27(24-26(28)29)25-21-18-17-19-22-25/h17-19,21-22H,2-16,20,23-24H2,1H3,(H,28,29). The van der Waals surface area contributed by atoms with Gasteiger partial charge in [0.1, 0.15) is 6.54 Å². The lowest BCUT2D eigenvalue weighted by molar-refractivity contribution is -0.136. The molecule has 1 aromatic rings. The first-order valence-corrected chi connectivity index (χ1v) is 12.4. The van der Waals surface area contributed by atoms with Crippen LogP contribution in [0.3, 0.4) is 0 Å². The monoisotopic (exact) mass is 419 g/mol. The molecule has 1 rings (SSSR count). The molecule has 172 valence electrons. The Hall–Kier alpha value is -1.55. The summed E-state index contributed by atoms with van der Waals surface area (Å²) in [4.78, 5) is 16.8. The van der Waals surface area contributed by atoms with Crippen molar-refractivity contribution in [2.24, 2.45) is 0 Å². The Morgan fingerprint density at radius 2 is 1.17 bits per heavy atom. The summed E-state index contributed by atoms with van der Waals surface area (Å²) in [7, 11) is 0. The number of nitrogens with zero attached hydrogens (tertiary/aromatic N) is 1. The van der Waals surface area contributed by atoms with Crippen molar-refractivity contribution in [3.8, 4) is 0 Å². The highest BCUT2D eigenvalue weighted by Crippen LogP contribution is 2.15. The number of benzene rings is 1. The zero-order chi connectivity index (χ0) is 21.7. The summed E-state index contributed by atoms with van der Waals surface area (Å²) in [6.07, 6.45) is 21.5. The van der Waals surface area contributed by atoms with E-state index in [4.69, 9.17) is 9.94 Å². The lowest BCUT2D eigenvalue weighted by Crippen LogP contribution is -2.30. The highest BCUT2D eigenvalue weighted by atomic mass is 16.7. The molecule has 4 heteroatoms. The van der Waals surface area contributed by atoms with Gasteiger partial charge in [-0.05, 0) is 18.6 Å². The minimum absolute atomic E-state index is 0.136. The van der Waals surface area contributed by atoms with E-state index in [0.29, 0.717) is 6.61 Å². The molecule has 0 fully saturated rings. The molecular weight excluding hydrogens is 374 g/mol. The summed E-state index contributed by atoms with van der Waals surface area (Å²) in [6, 6.07) is 9.44. The molecule has 0 saturated heterocycles. The molecule has 1 N–H and O–H groups in total. The fourth-order valence-corrected chi connectivity index (χ4v) is 3.75. The van der Waals surface area contributed by atoms with Crippen LogP contribution in [0.25, 0.3) is 0 Å². The van der Waals surface area contributed by atoms with Gasteiger partial charge in [-0.15, -0.1) is 0 Å². The van der Waals surface area contributed by atoms with Gasteiger partial charge in [-0.1, -0.05) is 121 Å².